The number of aldehydes is 1. The van der Waals surface area contributed by atoms with E-state index in [1.54, 1.807) is 6.07 Å². The van der Waals surface area contributed by atoms with Crippen molar-refractivity contribution >= 4 is 23.7 Å². The van der Waals surface area contributed by atoms with E-state index in [4.69, 9.17) is 5.73 Å². The van der Waals surface area contributed by atoms with E-state index in [0.717, 1.165) is 6.29 Å². The predicted molar refractivity (Wildman–Crippen MR) is 61.5 cm³/mol. The van der Waals surface area contributed by atoms with Crippen LogP contribution < -0.4 is 11.1 Å². The first kappa shape index (κ1) is 11.3. The summed E-state index contributed by atoms with van der Waals surface area (Å²) < 4.78 is 0. The fourth-order valence-corrected chi connectivity index (χ4v) is 2.71. The van der Waals surface area contributed by atoms with Gasteiger partial charge in [0.15, 0.2) is 6.29 Å². The molecule has 1 aliphatic rings. The number of hydrogen-bond acceptors (Lipinski definition) is 6. The van der Waals surface area contributed by atoms with Gasteiger partial charge in [0, 0.05) is 11.4 Å². The molecule has 0 saturated carbocycles. The van der Waals surface area contributed by atoms with Crippen molar-refractivity contribution in [1.29, 1.82) is 0 Å². The van der Waals surface area contributed by atoms with Crippen molar-refractivity contribution in [3.63, 3.8) is 0 Å². The van der Waals surface area contributed by atoms with Gasteiger partial charge in [0.05, 0.1) is 11.8 Å². The average molecular weight is 240 g/mol. The fraction of sp³-hybridized carbons (Fsp3) is 0.300. The summed E-state index contributed by atoms with van der Waals surface area (Å²) in [5.74, 6) is 0.0693. The van der Waals surface area contributed by atoms with Gasteiger partial charge in [0.25, 0.3) is 0 Å². The first-order valence-electron chi connectivity index (χ1n) is 4.80. The monoisotopic (exact) mass is 240 g/mol. The molecule has 5 nitrogen and oxygen atoms in total. The largest absolute Gasteiger partial charge is 0.506 e. The molecule has 0 saturated heterocycles. The number of nitrogens with one attached hydrogen (secondary N) is 1. The van der Waals surface area contributed by atoms with Crippen molar-refractivity contribution < 1.29 is 15.0 Å². The first-order valence-corrected chi connectivity index (χ1v) is 5.67. The van der Waals surface area contributed by atoms with E-state index in [0.29, 0.717) is 16.1 Å². The van der Waals surface area contributed by atoms with Crippen LogP contribution in [0.2, 0.25) is 0 Å². The number of hydrogen-bond donors (Lipinski definition) is 4. The van der Waals surface area contributed by atoms with Gasteiger partial charge < -0.3 is 26.1 Å². The zero-order valence-corrected chi connectivity index (χ0v) is 9.20. The number of carbonyl (C=O) groups is 1. The first-order chi connectivity index (χ1) is 7.67. The number of aliphatic hydroxyl groups is 1. The van der Waals surface area contributed by atoms with Crippen LogP contribution in [0.15, 0.2) is 17.0 Å². The molecule has 0 spiro atoms. The Hall–Kier alpha value is -1.24. The van der Waals surface area contributed by atoms with Crippen LogP contribution in [0.1, 0.15) is 11.7 Å². The standard InChI is InChI=1S/C10H12N2O3S/c11-3-7(15)5-1-2-6(14)9-10(5)16-8(4-13)12-9/h1-2,4,7-8,12,14-15H,3,11H2/t7-,8?/m0/s1. The van der Waals surface area contributed by atoms with Gasteiger partial charge in [-0.3, -0.25) is 0 Å². The normalized spacial score (nSPS) is 20.0. The Morgan fingerprint density at radius 2 is 2.38 bits per heavy atom. The summed E-state index contributed by atoms with van der Waals surface area (Å²) in [7, 11) is 0. The molecule has 1 aromatic rings. The molecule has 0 aromatic heterocycles. The lowest BCUT2D eigenvalue weighted by molar-refractivity contribution is -0.107. The zero-order chi connectivity index (χ0) is 11.7. The zero-order valence-electron chi connectivity index (χ0n) is 8.38. The lowest BCUT2D eigenvalue weighted by Crippen LogP contribution is -2.12. The lowest BCUT2D eigenvalue weighted by Gasteiger charge is -2.12. The van der Waals surface area contributed by atoms with Crippen LogP contribution in [0.4, 0.5) is 5.69 Å². The van der Waals surface area contributed by atoms with Crippen molar-refractivity contribution in [2.75, 3.05) is 11.9 Å². The Labute approximate surface area is 96.6 Å². The molecule has 2 atom stereocenters. The summed E-state index contributed by atoms with van der Waals surface area (Å²) in [6.45, 7) is 0.101. The molecule has 0 amide bonds. The molecule has 0 aliphatic carbocycles. The number of phenols is 1. The van der Waals surface area contributed by atoms with Gasteiger partial charge in [-0.05, 0) is 11.6 Å². The number of carbonyl (C=O) groups excluding carboxylic acids is 1. The minimum Gasteiger partial charge on any atom is -0.506 e. The van der Waals surface area contributed by atoms with E-state index < -0.39 is 11.5 Å². The van der Waals surface area contributed by atoms with E-state index in [1.165, 1.54) is 17.8 Å². The van der Waals surface area contributed by atoms with Crippen LogP contribution in [0.5, 0.6) is 5.75 Å². The molecule has 16 heavy (non-hydrogen) atoms. The highest BCUT2D eigenvalue weighted by molar-refractivity contribution is 8.01. The summed E-state index contributed by atoms with van der Waals surface area (Å²) in [5.41, 5.74) is 6.52. The van der Waals surface area contributed by atoms with Gasteiger partial charge in [0.2, 0.25) is 0 Å². The number of thioether (sulfide) groups is 1. The highest BCUT2D eigenvalue weighted by Crippen LogP contribution is 2.46. The molecule has 1 heterocycles. The number of nitrogens with two attached hydrogens (primary N) is 1. The Morgan fingerprint density at radius 1 is 1.62 bits per heavy atom. The molecular formula is C10H12N2O3S. The Morgan fingerprint density at radius 3 is 3.00 bits per heavy atom. The number of aliphatic hydroxyl groups excluding tert-OH is 1. The number of anilines is 1. The lowest BCUT2D eigenvalue weighted by atomic mass is 10.1. The van der Waals surface area contributed by atoms with E-state index in [2.05, 4.69) is 5.32 Å². The molecule has 5 N–H and O–H groups in total. The highest BCUT2D eigenvalue weighted by atomic mass is 32.2. The molecule has 2 rings (SSSR count). The van der Waals surface area contributed by atoms with Crippen molar-refractivity contribution in [1.82, 2.24) is 0 Å². The summed E-state index contributed by atoms with van der Waals surface area (Å²) in [5, 5.41) is 21.8. The maximum Gasteiger partial charge on any atom is 0.152 e. The van der Waals surface area contributed by atoms with Crippen LogP contribution in [-0.4, -0.2) is 28.4 Å². The molecule has 86 valence electrons. The molecule has 1 unspecified atom stereocenters. The second-order valence-electron chi connectivity index (χ2n) is 3.45. The van der Waals surface area contributed by atoms with E-state index in [-0.39, 0.29) is 12.3 Å². The van der Waals surface area contributed by atoms with Crippen molar-refractivity contribution in [3.8, 4) is 5.75 Å². The second-order valence-corrected chi connectivity index (χ2v) is 4.60. The van der Waals surface area contributed by atoms with Gasteiger partial charge in [-0.1, -0.05) is 17.8 Å². The summed E-state index contributed by atoms with van der Waals surface area (Å²) in [4.78, 5) is 11.4. The molecule has 1 aliphatic heterocycles. The van der Waals surface area contributed by atoms with Gasteiger partial charge in [-0.15, -0.1) is 0 Å². The summed E-state index contributed by atoms with van der Waals surface area (Å²) in [6.07, 6.45) is -0.0306. The van der Waals surface area contributed by atoms with Crippen LogP contribution in [0, 0.1) is 0 Å². The third kappa shape index (κ3) is 1.75. The predicted octanol–water partition coefficient (Wildman–Crippen LogP) is 0.427. The molecule has 0 bridgehead atoms. The molecular weight excluding hydrogens is 228 g/mol. The Kier molecular flexibility index (Phi) is 3.04. The smallest absolute Gasteiger partial charge is 0.152 e. The number of benzene rings is 1. The SMILES string of the molecule is NC[C@H](O)c1ccc(O)c2c1SC(C=O)N2. The van der Waals surface area contributed by atoms with Crippen LogP contribution in [0.25, 0.3) is 0 Å². The van der Waals surface area contributed by atoms with Gasteiger partial charge >= 0.3 is 0 Å². The van der Waals surface area contributed by atoms with Gasteiger partial charge in [-0.25, -0.2) is 0 Å². The summed E-state index contributed by atoms with van der Waals surface area (Å²) >= 11 is 1.27. The van der Waals surface area contributed by atoms with Crippen LogP contribution >= 0.6 is 11.8 Å². The molecule has 1 aromatic carbocycles. The number of rotatable bonds is 3. The van der Waals surface area contributed by atoms with Crippen LogP contribution in [-0.2, 0) is 4.79 Å². The maximum atomic E-state index is 10.7. The van der Waals surface area contributed by atoms with Crippen molar-refractivity contribution in [2.45, 2.75) is 16.4 Å². The minimum atomic E-state index is -0.783. The van der Waals surface area contributed by atoms with Crippen molar-refractivity contribution in [3.05, 3.63) is 17.7 Å². The number of fused-ring (bicyclic) bond motifs is 1. The minimum absolute atomic E-state index is 0.0693. The second kappa shape index (κ2) is 4.32. The number of phenolic OH excluding ortho intramolecular Hbond substituents is 1. The molecule has 0 fully saturated rings. The fourth-order valence-electron chi connectivity index (χ4n) is 1.60. The van der Waals surface area contributed by atoms with E-state index >= 15 is 0 Å². The topological polar surface area (TPSA) is 95.6 Å². The molecule has 0 radical (unpaired) electrons. The van der Waals surface area contributed by atoms with Gasteiger partial charge in [0.1, 0.15) is 11.1 Å². The van der Waals surface area contributed by atoms with Crippen molar-refractivity contribution in [2.24, 2.45) is 5.73 Å². The van der Waals surface area contributed by atoms with E-state index in [9.17, 15) is 15.0 Å². The third-order valence-electron chi connectivity index (χ3n) is 2.40. The Bertz CT molecular complexity index is 425. The highest BCUT2D eigenvalue weighted by Gasteiger charge is 2.28. The van der Waals surface area contributed by atoms with Gasteiger partial charge in [-0.2, -0.15) is 0 Å². The van der Waals surface area contributed by atoms with Crippen LogP contribution in [0.3, 0.4) is 0 Å². The maximum absolute atomic E-state index is 10.7. The van der Waals surface area contributed by atoms with E-state index in [1.807, 2.05) is 0 Å². The third-order valence-corrected chi connectivity index (χ3v) is 3.56. The Balaban J connectivity index is 2.45. The summed E-state index contributed by atoms with van der Waals surface area (Å²) in [6, 6.07) is 3.10. The molecule has 6 heteroatoms. The number of aromatic hydroxyl groups is 1. The quantitative estimate of drug-likeness (QED) is 0.452. The average Bonchev–Trinajstić information content (AvgIpc) is 2.73.